The summed E-state index contributed by atoms with van der Waals surface area (Å²) in [6.07, 6.45) is 23.8. The Bertz CT molecular complexity index is 4210. The number of aromatic amines is 3. The second-order valence-electron chi connectivity index (χ2n) is 23.8. The lowest BCUT2D eigenvalue weighted by molar-refractivity contribution is 0.912. The lowest BCUT2D eigenvalue weighted by atomic mass is 10.1. The Hall–Kier alpha value is -12.4. The first-order chi connectivity index (χ1) is 60.1. The second-order valence-corrected chi connectivity index (χ2v) is 23.8. The van der Waals surface area contributed by atoms with Crippen LogP contribution in [0.1, 0.15) is 226 Å². The van der Waals surface area contributed by atoms with Crippen LogP contribution in [-0.4, -0.2) is 56.2 Å². The van der Waals surface area contributed by atoms with Crippen LogP contribution in [0.4, 0.5) is 22.7 Å². The molecule has 0 radical (unpaired) electrons. The van der Waals surface area contributed by atoms with Crippen molar-refractivity contribution in [2.75, 3.05) is 29.2 Å². The van der Waals surface area contributed by atoms with Gasteiger partial charge in [0.05, 0.1) is 55.1 Å². The highest BCUT2D eigenvalue weighted by Gasteiger charge is 2.10. The Morgan fingerprint density at radius 2 is 0.686 bits per heavy atom. The van der Waals surface area contributed by atoms with Crippen molar-refractivity contribution >= 4 is 80.2 Å². The number of aromatic nitrogens is 6. The number of hydrogen-bond acceptors (Lipinski definition) is 10. The minimum absolute atomic E-state index is 0.760. The molecule has 22 rings (SSSR count). The van der Waals surface area contributed by atoms with Crippen molar-refractivity contribution in [3.8, 4) is 0 Å². The zero-order valence-electron chi connectivity index (χ0n) is 77.5. The van der Waals surface area contributed by atoms with Gasteiger partial charge < -0.3 is 20.9 Å². The van der Waals surface area contributed by atoms with E-state index in [9.17, 15) is 0 Å². The SMILES string of the molecule is C1=Cc2ccccc2C1.C1=Cc2ccccc2C1.C1=NCc2ccccc21.C1=NCc2ccccc21.CC.CC.CC.CC.CC.CC.CC.CC.CC.CC.CC.c1ccc2[nH]ccc2c1.c1ccc2[nH]ncc2c1.c1ccc2c(c1)CCC2.c1ccc2c(c1)CCN2.c1ccc2c(c1)CN=N2.c1ccc2c(c1)NCN2.c1ccc2n[nH]nc2c1. The first-order valence-electron chi connectivity index (χ1n) is 44.8. The summed E-state index contributed by atoms with van der Waals surface area (Å²) in [4.78, 5) is 11.4. The minimum Gasteiger partial charge on any atom is -0.384 e. The van der Waals surface area contributed by atoms with E-state index >= 15 is 0 Å². The zero-order valence-corrected chi connectivity index (χ0v) is 77.5. The molecule has 121 heavy (non-hydrogen) atoms. The molecule has 0 fully saturated rings. The van der Waals surface area contributed by atoms with Gasteiger partial charge in [-0.15, -0.1) is 0 Å². The number of azo groups is 1. The molecule has 14 aromatic rings. The van der Waals surface area contributed by atoms with E-state index in [2.05, 4.69) is 249 Å². The molecule has 5 aliphatic heterocycles. The molecule has 3 aromatic heterocycles. The number of aliphatic imine (C=N–C) groups is 2. The summed E-state index contributed by atoms with van der Waals surface area (Å²) in [7, 11) is 0. The molecule has 644 valence electrons. The lowest BCUT2D eigenvalue weighted by Gasteiger charge is -1.94. The van der Waals surface area contributed by atoms with Gasteiger partial charge in [-0.1, -0.05) is 395 Å². The summed E-state index contributed by atoms with van der Waals surface area (Å²) >= 11 is 0. The largest absolute Gasteiger partial charge is 0.384 e. The van der Waals surface area contributed by atoms with Crippen molar-refractivity contribution in [1.82, 2.24) is 30.6 Å². The molecule has 0 saturated heterocycles. The van der Waals surface area contributed by atoms with Gasteiger partial charge >= 0.3 is 0 Å². The molecule has 0 spiro atoms. The highest BCUT2D eigenvalue weighted by molar-refractivity contribution is 5.85. The number of benzene rings is 11. The van der Waals surface area contributed by atoms with E-state index < -0.39 is 0 Å². The van der Waals surface area contributed by atoms with Gasteiger partial charge in [0.1, 0.15) is 11.0 Å². The van der Waals surface area contributed by atoms with Crippen LogP contribution in [0.3, 0.4) is 0 Å². The number of para-hydroxylation sites is 7. The summed E-state index contributed by atoms with van der Waals surface area (Å²) in [5, 5.41) is 37.0. The number of nitrogens with zero attached hydrogens (tertiary/aromatic N) is 7. The maximum absolute atomic E-state index is 4.13. The predicted molar refractivity (Wildman–Crippen MR) is 537 cm³/mol. The van der Waals surface area contributed by atoms with E-state index in [1.807, 2.05) is 292 Å². The summed E-state index contributed by atoms with van der Waals surface area (Å²) in [5.41, 5.74) is 25.6. The van der Waals surface area contributed by atoms with Gasteiger partial charge in [-0.3, -0.25) is 15.1 Å². The van der Waals surface area contributed by atoms with E-state index in [1.54, 1.807) is 11.1 Å². The third-order valence-electron chi connectivity index (χ3n) is 17.1. The number of anilines is 3. The molecule has 8 aliphatic rings. The predicted octanol–water partition coefficient (Wildman–Crippen LogP) is 31.3. The van der Waals surface area contributed by atoms with Crippen LogP contribution >= 0.6 is 0 Å². The topological polar surface area (TPSA) is 172 Å². The molecular formula is C108H147N13. The van der Waals surface area contributed by atoms with Crippen LogP contribution in [0.25, 0.3) is 45.0 Å². The highest BCUT2D eigenvalue weighted by Crippen LogP contribution is 2.27. The van der Waals surface area contributed by atoms with E-state index in [1.165, 1.54) is 109 Å². The van der Waals surface area contributed by atoms with E-state index in [0.29, 0.717) is 0 Å². The van der Waals surface area contributed by atoms with Gasteiger partial charge in [-0.05, 0) is 160 Å². The minimum atomic E-state index is 0.760. The number of hydrogen-bond donors (Lipinski definition) is 6. The summed E-state index contributed by atoms with van der Waals surface area (Å²) in [6, 6.07) is 93.0. The average Bonchev–Trinajstić information content (AvgIpc) is 1.89. The number of nitrogens with one attached hydrogen (secondary N) is 6. The van der Waals surface area contributed by atoms with Crippen LogP contribution < -0.4 is 16.0 Å². The summed E-state index contributed by atoms with van der Waals surface area (Å²) in [5.74, 6) is 0. The highest BCUT2D eigenvalue weighted by atomic mass is 15.3. The maximum atomic E-state index is 4.13. The lowest BCUT2D eigenvalue weighted by Crippen LogP contribution is -1.98. The van der Waals surface area contributed by atoms with Crippen molar-refractivity contribution < 1.29 is 0 Å². The van der Waals surface area contributed by atoms with Crippen LogP contribution in [0.5, 0.6) is 0 Å². The molecule has 0 amide bonds. The molecule has 3 aliphatic carbocycles. The Morgan fingerprint density at radius 1 is 0.298 bits per heavy atom. The van der Waals surface area contributed by atoms with Gasteiger partial charge in [0.25, 0.3) is 0 Å². The van der Waals surface area contributed by atoms with Crippen molar-refractivity contribution in [3.05, 3.63) is 364 Å². The molecule has 8 heterocycles. The van der Waals surface area contributed by atoms with E-state index in [-0.39, 0.29) is 0 Å². The maximum Gasteiger partial charge on any atom is 0.112 e. The fourth-order valence-electron chi connectivity index (χ4n) is 11.9. The Kier molecular flexibility index (Phi) is 63.2. The zero-order chi connectivity index (χ0) is 89.1. The fourth-order valence-corrected chi connectivity index (χ4v) is 11.9. The molecule has 11 aromatic carbocycles. The van der Waals surface area contributed by atoms with E-state index in [4.69, 9.17) is 0 Å². The number of allylic oxidation sites excluding steroid dienone is 2. The third-order valence-corrected chi connectivity index (χ3v) is 17.1. The normalized spacial score (nSPS) is 11.2. The molecule has 0 atom stereocenters. The van der Waals surface area contributed by atoms with Gasteiger partial charge in [-0.2, -0.15) is 30.7 Å². The van der Waals surface area contributed by atoms with Crippen molar-refractivity contribution in [3.63, 3.8) is 0 Å². The Morgan fingerprint density at radius 3 is 1.14 bits per heavy atom. The smallest absolute Gasteiger partial charge is 0.112 e. The monoisotopic (exact) mass is 1630 g/mol. The van der Waals surface area contributed by atoms with Gasteiger partial charge in [-0.25, -0.2) is 0 Å². The standard InChI is InChI=1S/C9H10.2C9H8.2C8H7N.C8H9N.C8H7N.C7H8N2.2C7H6N2.C6H5N3.11C2H6/c3*1-2-5-9-7-3-6-8(9)4-1;2*1-2-4-8-6-9-5-7(8)3-1;2*1-2-4-8-7(3-1)5-6-9-8;1-2-4-7-6(3-1)8-5-9-7;2*1-2-4-7-6(3-1)5-8-9-7;1-2-4-6-5(3-1)7-9-8-6;11*1-2/h1-2,4-5H,3,6-7H2;2*1-6H,7H2;2*1-5H,6H2;1-4,9H,5-6H2;1-6,9H;1-4,8-9H,5H2;1-4H,5H2;1-5H,(H,8,9);1-4H,(H,7,8,9);11*1-2H3. The average molecular weight is 1630 g/mol. The number of rotatable bonds is 0. The van der Waals surface area contributed by atoms with Crippen molar-refractivity contribution in [1.29, 1.82) is 0 Å². The molecule has 13 nitrogen and oxygen atoms in total. The molecule has 6 N–H and O–H groups in total. The van der Waals surface area contributed by atoms with Crippen molar-refractivity contribution in [2.24, 2.45) is 20.2 Å². The number of aryl methyl sites for hydroxylation is 2. The first kappa shape index (κ1) is 107. The van der Waals surface area contributed by atoms with Gasteiger partial charge in [0.15, 0.2) is 0 Å². The third kappa shape index (κ3) is 39.4. The Labute approximate surface area is 730 Å². The van der Waals surface area contributed by atoms with E-state index in [0.717, 1.165) is 73.3 Å². The van der Waals surface area contributed by atoms with Crippen LogP contribution in [0.2, 0.25) is 0 Å². The summed E-state index contributed by atoms with van der Waals surface area (Å²) < 4.78 is 0. The van der Waals surface area contributed by atoms with Crippen LogP contribution in [0.15, 0.2) is 318 Å². The second kappa shape index (κ2) is 71.7. The first-order valence-corrected chi connectivity index (χ1v) is 44.8. The van der Waals surface area contributed by atoms with Gasteiger partial charge in [0.2, 0.25) is 0 Å². The molecule has 0 bridgehead atoms. The van der Waals surface area contributed by atoms with Crippen molar-refractivity contribution in [2.45, 2.75) is 210 Å². The summed E-state index contributed by atoms with van der Waals surface area (Å²) in [6.45, 7) is 48.5. The molecule has 0 unspecified atom stereocenters. The molecular weight excluding hydrogens is 1480 g/mol. The molecule has 13 heteroatoms. The van der Waals surface area contributed by atoms with Crippen LogP contribution in [0, 0.1) is 0 Å². The number of fused-ring (bicyclic) bond motifs is 11. The number of H-pyrrole nitrogens is 3. The van der Waals surface area contributed by atoms with Gasteiger partial charge in [0, 0.05) is 47.3 Å². The fraction of sp³-hybridized carbons (Fsp3) is 0.306. The van der Waals surface area contributed by atoms with Crippen LogP contribution in [-0.2, 0) is 51.7 Å². The molecule has 0 saturated carbocycles. The Balaban J connectivity index is 0.000000650. The quantitative estimate of drug-likeness (QED) is 0.0882.